The van der Waals surface area contributed by atoms with Gasteiger partial charge < -0.3 is 28.5 Å². The van der Waals surface area contributed by atoms with Crippen LogP contribution in [0.2, 0.25) is 0 Å². The molecule has 522 valence electrons. The Labute approximate surface area is 561 Å². The van der Waals surface area contributed by atoms with Crippen molar-refractivity contribution < 1.29 is 42.9 Å². The predicted molar refractivity (Wildman–Crippen MR) is 391 cm³/mol. The number of carbonyl (C=O) groups is 3. The fourth-order valence-corrected chi connectivity index (χ4v) is 10.5. The maximum atomic E-state index is 13.0. The maximum absolute atomic E-state index is 13.0. The Morgan fingerprint density at radius 1 is 0.330 bits per heavy atom. The average molecular weight is 1270 g/mol. The molecule has 0 radical (unpaired) electrons. The van der Waals surface area contributed by atoms with Crippen LogP contribution in [-0.2, 0) is 33.3 Å². The summed E-state index contributed by atoms with van der Waals surface area (Å²) in [6.45, 7) is 4.68. The first kappa shape index (κ1) is 86.7. The number of allylic oxidation sites excluding steroid dienone is 20. The van der Waals surface area contributed by atoms with Crippen LogP contribution < -0.4 is 0 Å². The fraction of sp³-hybridized carbons (Fsp3) is 0.720. The second-order valence-electron chi connectivity index (χ2n) is 26.2. The van der Waals surface area contributed by atoms with E-state index in [2.05, 4.69) is 135 Å². The minimum atomic E-state index is -1.52. The lowest BCUT2D eigenvalue weighted by atomic mass is 10.0. The summed E-state index contributed by atoms with van der Waals surface area (Å²) < 4.78 is 23.0. The molecule has 0 aromatic rings. The molecular weight excluding hydrogens is 1130 g/mol. The maximum Gasteiger partial charge on any atom is 0.361 e. The Balaban J connectivity index is 4.06. The molecule has 0 aliphatic rings. The summed E-state index contributed by atoms with van der Waals surface area (Å²) in [4.78, 5) is 37.7. The number of esters is 2. The molecule has 91 heavy (non-hydrogen) atoms. The Hall–Kier alpha value is -4.31. The number of quaternary nitrogens is 1. The zero-order valence-corrected chi connectivity index (χ0v) is 59.7. The molecule has 0 bridgehead atoms. The van der Waals surface area contributed by atoms with Gasteiger partial charge in [0.25, 0.3) is 6.29 Å². The molecule has 0 aliphatic carbocycles. The number of hydrogen-bond acceptors (Lipinski definition) is 7. The van der Waals surface area contributed by atoms with Gasteiger partial charge in [0, 0.05) is 12.8 Å². The van der Waals surface area contributed by atoms with Crippen LogP contribution in [0.1, 0.15) is 322 Å². The van der Waals surface area contributed by atoms with Crippen LogP contribution in [0.15, 0.2) is 122 Å². The Morgan fingerprint density at radius 3 is 0.879 bits per heavy atom. The standard InChI is InChI=1S/C82H141NO8/c1-6-8-10-12-14-16-18-20-22-24-26-28-30-32-34-36-38-40-42-44-46-48-50-52-54-56-58-60-62-64-66-68-70-72-79(84)89-76-78(77-90-82(81(86)87)88-75-74-83(3,4)5)91-80(85)73-71-69-67-65-63-61-59-57-55-53-51-49-47-45-43-41-39-37-35-33-31-29-27-25-23-21-19-17-15-13-11-9-7-2/h8-11,14-17,20-23,26-29,33,35,39,41,78,82H,6-7,12-13,18-19,24-25,30-32,34,36-38,40,42-77H2,1-5H3/p+1/b10-8-,11-9-,16-14-,17-15-,22-20-,23-21-,28-26-,29-27-,35-33-,41-39-. The first-order valence-electron chi connectivity index (χ1n) is 37.7. The average Bonchev–Trinajstić information content (AvgIpc) is 3.46. The molecular formula is C82H142NO8+. The van der Waals surface area contributed by atoms with E-state index in [-0.39, 0.29) is 32.2 Å². The van der Waals surface area contributed by atoms with E-state index in [0.717, 1.165) is 103 Å². The Morgan fingerprint density at radius 2 is 0.593 bits per heavy atom. The molecule has 2 atom stereocenters. The van der Waals surface area contributed by atoms with Gasteiger partial charge >= 0.3 is 17.9 Å². The minimum absolute atomic E-state index is 0.184. The van der Waals surface area contributed by atoms with Gasteiger partial charge in [0.1, 0.15) is 13.2 Å². The zero-order valence-electron chi connectivity index (χ0n) is 59.7. The van der Waals surface area contributed by atoms with Crippen LogP contribution in [-0.4, -0.2) is 87.4 Å². The fourth-order valence-electron chi connectivity index (χ4n) is 10.5. The second-order valence-corrected chi connectivity index (χ2v) is 26.2. The van der Waals surface area contributed by atoms with Crippen LogP contribution >= 0.6 is 0 Å². The van der Waals surface area contributed by atoms with Crippen molar-refractivity contribution in [3.05, 3.63) is 122 Å². The highest BCUT2D eigenvalue weighted by molar-refractivity contribution is 5.71. The SMILES string of the molecule is CC/C=C\C/C=C\C/C=C\C/C=C\C/C=C\C/C=C\CCCCCCCCCCCCCCCCC(=O)OC(COC(=O)CCCCCCCCCCCCCCCCCCCCCC/C=C\C/C=C\C/C=C\C/C=C\CC)COC(OCC[N+](C)(C)C)C(=O)O. The van der Waals surface area contributed by atoms with Gasteiger partial charge in [-0.3, -0.25) is 9.59 Å². The van der Waals surface area contributed by atoms with E-state index in [1.54, 1.807) is 0 Å². The smallest absolute Gasteiger partial charge is 0.361 e. The summed E-state index contributed by atoms with van der Waals surface area (Å²) in [6, 6.07) is 0. The molecule has 0 saturated carbocycles. The van der Waals surface area contributed by atoms with Crippen molar-refractivity contribution >= 4 is 17.9 Å². The van der Waals surface area contributed by atoms with Crippen molar-refractivity contribution in [2.75, 3.05) is 47.5 Å². The molecule has 0 spiro atoms. The summed E-state index contributed by atoms with van der Waals surface area (Å²) in [6.07, 6.45) is 99.0. The second kappa shape index (κ2) is 71.5. The molecule has 0 heterocycles. The molecule has 0 rings (SSSR count). The van der Waals surface area contributed by atoms with Crippen LogP contribution in [0.5, 0.6) is 0 Å². The van der Waals surface area contributed by atoms with Crippen molar-refractivity contribution in [1.82, 2.24) is 0 Å². The monoisotopic (exact) mass is 1270 g/mol. The molecule has 9 heteroatoms. The third-order valence-corrected chi connectivity index (χ3v) is 16.2. The lowest BCUT2D eigenvalue weighted by molar-refractivity contribution is -0.870. The van der Waals surface area contributed by atoms with Gasteiger partial charge in [-0.05, 0) is 103 Å². The van der Waals surface area contributed by atoms with Gasteiger partial charge in [-0.25, -0.2) is 4.79 Å². The summed E-state index contributed by atoms with van der Waals surface area (Å²) in [5.74, 6) is -1.99. The van der Waals surface area contributed by atoms with Crippen LogP contribution in [0.4, 0.5) is 0 Å². The van der Waals surface area contributed by atoms with Crippen LogP contribution in [0, 0.1) is 0 Å². The summed E-state index contributed by atoms with van der Waals surface area (Å²) in [7, 11) is 5.98. The summed E-state index contributed by atoms with van der Waals surface area (Å²) >= 11 is 0. The van der Waals surface area contributed by atoms with E-state index in [1.165, 1.54) is 193 Å². The predicted octanol–water partition coefficient (Wildman–Crippen LogP) is 23.9. The number of rotatable bonds is 69. The first-order valence-corrected chi connectivity index (χ1v) is 37.7. The quantitative estimate of drug-likeness (QED) is 0.0211. The van der Waals surface area contributed by atoms with Gasteiger partial charge in [-0.15, -0.1) is 0 Å². The highest BCUT2D eigenvalue weighted by Crippen LogP contribution is 2.18. The topological polar surface area (TPSA) is 108 Å². The molecule has 0 amide bonds. The van der Waals surface area contributed by atoms with E-state index >= 15 is 0 Å². The highest BCUT2D eigenvalue weighted by atomic mass is 16.7. The van der Waals surface area contributed by atoms with E-state index in [1.807, 2.05) is 21.1 Å². The number of carboxylic acid groups (broad SMARTS) is 1. The van der Waals surface area contributed by atoms with E-state index in [4.69, 9.17) is 18.9 Å². The highest BCUT2D eigenvalue weighted by Gasteiger charge is 2.25. The van der Waals surface area contributed by atoms with E-state index in [0.29, 0.717) is 17.4 Å². The molecule has 1 N–H and O–H groups in total. The van der Waals surface area contributed by atoms with Gasteiger partial charge in [0.05, 0.1) is 34.4 Å². The molecule has 0 saturated heterocycles. The molecule has 0 aromatic heterocycles. The van der Waals surface area contributed by atoms with Crippen molar-refractivity contribution in [3.8, 4) is 0 Å². The van der Waals surface area contributed by atoms with Gasteiger partial charge in [0.2, 0.25) is 0 Å². The molecule has 0 fully saturated rings. The number of carboxylic acids is 1. The van der Waals surface area contributed by atoms with Crippen molar-refractivity contribution in [2.24, 2.45) is 0 Å². The number of carbonyl (C=O) groups excluding carboxylic acids is 2. The third kappa shape index (κ3) is 73.0. The lowest BCUT2D eigenvalue weighted by Gasteiger charge is -2.25. The number of aliphatic carboxylic acids is 1. The number of unbranched alkanes of at least 4 members (excludes halogenated alkanes) is 34. The normalized spacial score (nSPS) is 13.4. The Bertz CT molecular complexity index is 1910. The largest absolute Gasteiger partial charge is 0.477 e. The number of likely N-dealkylation sites (N-methyl/N-ethyl adjacent to an activating group) is 1. The van der Waals surface area contributed by atoms with Gasteiger partial charge in [-0.1, -0.05) is 328 Å². The van der Waals surface area contributed by atoms with Crippen LogP contribution in [0.3, 0.4) is 0 Å². The van der Waals surface area contributed by atoms with Crippen LogP contribution in [0.25, 0.3) is 0 Å². The Kier molecular flexibility index (Phi) is 68.1. The van der Waals surface area contributed by atoms with Crippen molar-refractivity contribution in [3.63, 3.8) is 0 Å². The molecule has 0 aromatic carbocycles. The van der Waals surface area contributed by atoms with E-state index in [9.17, 15) is 19.5 Å². The van der Waals surface area contributed by atoms with Gasteiger partial charge in [0.15, 0.2) is 6.10 Å². The van der Waals surface area contributed by atoms with Gasteiger partial charge in [-0.2, -0.15) is 0 Å². The minimum Gasteiger partial charge on any atom is -0.477 e. The molecule has 2 unspecified atom stereocenters. The molecule has 0 aliphatic heterocycles. The molecule has 9 nitrogen and oxygen atoms in total. The lowest BCUT2D eigenvalue weighted by Crippen LogP contribution is -2.40. The summed E-state index contributed by atoms with van der Waals surface area (Å²) in [5.41, 5.74) is 0. The first-order chi connectivity index (χ1) is 44.6. The zero-order chi connectivity index (χ0) is 66.1. The summed E-state index contributed by atoms with van der Waals surface area (Å²) in [5, 5.41) is 9.77. The number of nitrogens with zero attached hydrogens (tertiary/aromatic N) is 1. The third-order valence-electron chi connectivity index (χ3n) is 16.2. The number of hydrogen-bond donors (Lipinski definition) is 1. The van der Waals surface area contributed by atoms with E-state index < -0.39 is 24.3 Å². The number of ether oxygens (including phenoxy) is 4. The van der Waals surface area contributed by atoms with Crippen molar-refractivity contribution in [1.29, 1.82) is 0 Å². The van der Waals surface area contributed by atoms with Crippen molar-refractivity contribution in [2.45, 2.75) is 334 Å².